The van der Waals surface area contributed by atoms with Crippen LogP contribution in [0.15, 0.2) is 0 Å². The van der Waals surface area contributed by atoms with Crippen molar-refractivity contribution in [2.45, 2.75) is 19.8 Å². The molecule has 1 N–H and O–H groups in total. The zero-order valence-electron chi connectivity index (χ0n) is 9.59. The lowest BCUT2D eigenvalue weighted by molar-refractivity contribution is -0.137. The van der Waals surface area contributed by atoms with Crippen LogP contribution < -0.4 is 0 Å². The quantitative estimate of drug-likeness (QED) is 0.744. The van der Waals surface area contributed by atoms with Gasteiger partial charge >= 0.3 is 5.97 Å². The Morgan fingerprint density at radius 2 is 2.19 bits per heavy atom. The Balaban J connectivity index is 2.59. The molecule has 1 saturated heterocycles. The van der Waals surface area contributed by atoms with Crippen LogP contribution in [0.5, 0.6) is 0 Å². The number of aliphatic carboxylic acids is 1. The first kappa shape index (κ1) is 13.4. The monoisotopic (exact) mass is 250 g/mol. The van der Waals surface area contributed by atoms with Crippen molar-refractivity contribution in [3.8, 4) is 0 Å². The summed E-state index contributed by atoms with van der Waals surface area (Å²) >= 11 is 0. The van der Waals surface area contributed by atoms with Gasteiger partial charge in [-0.15, -0.1) is 0 Å². The molecule has 0 radical (unpaired) electrons. The van der Waals surface area contributed by atoms with E-state index in [4.69, 9.17) is 5.11 Å². The molecule has 0 aromatic rings. The molecule has 1 heterocycles. The van der Waals surface area contributed by atoms with E-state index in [2.05, 4.69) is 0 Å². The van der Waals surface area contributed by atoms with Crippen molar-refractivity contribution in [2.24, 2.45) is 5.92 Å². The van der Waals surface area contributed by atoms with Crippen LogP contribution >= 0.6 is 0 Å². The highest BCUT2D eigenvalue weighted by Gasteiger charge is 2.32. The first-order valence-electron chi connectivity index (χ1n) is 5.27. The lowest BCUT2D eigenvalue weighted by atomic mass is 10.2. The van der Waals surface area contributed by atoms with E-state index in [9.17, 15) is 13.2 Å². The van der Waals surface area contributed by atoms with Gasteiger partial charge in [-0.3, -0.25) is 4.79 Å². The van der Waals surface area contributed by atoms with Crippen molar-refractivity contribution in [3.05, 3.63) is 0 Å². The number of rotatable bonds is 5. The summed E-state index contributed by atoms with van der Waals surface area (Å²) in [6.45, 7) is 3.08. The lowest BCUT2D eigenvalue weighted by Gasteiger charge is -2.23. The van der Waals surface area contributed by atoms with E-state index in [1.165, 1.54) is 11.4 Å². The maximum absolute atomic E-state index is 11.9. The normalized spacial score (nSPS) is 22.8. The summed E-state index contributed by atoms with van der Waals surface area (Å²) in [5.74, 6) is -0.612. The van der Waals surface area contributed by atoms with Crippen LogP contribution in [-0.4, -0.2) is 54.8 Å². The molecule has 0 aromatic carbocycles. The fraction of sp³-hybridized carbons (Fsp3) is 0.889. The molecule has 1 atom stereocenters. The summed E-state index contributed by atoms with van der Waals surface area (Å²) in [5.41, 5.74) is 0. The van der Waals surface area contributed by atoms with Crippen LogP contribution in [0, 0.1) is 5.92 Å². The molecular formula is C9H18N2O4S. The second-order valence-electron chi connectivity index (χ2n) is 4.22. The molecule has 16 heavy (non-hydrogen) atoms. The second kappa shape index (κ2) is 5.11. The average Bonchev–Trinajstić information content (AvgIpc) is 2.61. The molecule has 0 spiro atoms. The van der Waals surface area contributed by atoms with Gasteiger partial charge in [-0.25, -0.2) is 0 Å². The van der Waals surface area contributed by atoms with Crippen LogP contribution in [-0.2, 0) is 15.0 Å². The minimum absolute atomic E-state index is 0.0164. The van der Waals surface area contributed by atoms with Gasteiger partial charge in [0.2, 0.25) is 0 Å². The average molecular weight is 250 g/mol. The Labute approximate surface area is 96.0 Å². The smallest absolute Gasteiger partial charge is 0.304 e. The van der Waals surface area contributed by atoms with Crippen LogP contribution in [0.25, 0.3) is 0 Å². The Kier molecular flexibility index (Phi) is 4.28. The van der Waals surface area contributed by atoms with Crippen LogP contribution in [0.1, 0.15) is 19.8 Å². The molecule has 0 aliphatic carbocycles. The summed E-state index contributed by atoms with van der Waals surface area (Å²) in [6.07, 6.45) is 0.700. The van der Waals surface area contributed by atoms with E-state index in [0.29, 0.717) is 19.0 Å². The Bertz CT molecular complexity index is 355. The summed E-state index contributed by atoms with van der Waals surface area (Å²) in [6, 6.07) is 0. The molecular weight excluding hydrogens is 232 g/mol. The SMILES string of the molecule is CC1CCN(S(=O)(=O)N(C)CCC(=O)O)C1. The number of carboxylic acids is 1. The topological polar surface area (TPSA) is 77.9 Å². The molecule has 1 aliphatic rings. The highest BCUT2D eigenvalue weighted by Crippen LogP contribution is 2.20. The molecule has 0 amide bonds. The van der Waals surface area contributed by atoms with Crippen molar-refractivity contribution < 1.29 is 18.3 Å². The summed E-state index contributed by atoms with van der Waals surface area (Å²) in [7, 11) is -2.05. The third-order valence-corrected chi connectivity index (χ3v) is 4.70. The molecule has 0 bridgehead atoms. The molecule has 7 heteroatoms. The predicted octanol–water partition coefficient (Wildman–Crippen LogP) is -0.0205. The molecule has 1 rings (SSSR count). The summed E-state index contributed by atoms with van der Waals surface area (Å²) in [4.78, 5) is 10.4. The van der Waals surface area contributed by atoms with E-state index in [1.807, 2.05) is 6.92 Å². The van der Waals surface area contributed by atoms with E-state index in [-0.39, 0.29) is 13.0 Å². The third-order valence-electron chi connectivity index (χ3n) is 2.75. The number of nitrogens with zero attached hydrogens (tertiary/aromatic N) is 2. The molecule has 1 unspecified atom stereocenters. The minimum Gasteiger partial charge on any atom is -0.481 e. The van der Waals surface area contributed by atoms with Crippen molar-refractivity contribution in [2.75, 3.05) is 26.7 Å². The van der Waals surface area contributed by atoms with Gasteiger partial charge in [0.1, 0.15) is 0 Å². The molecule has 1 fully saturated rings. The summed E-state index contributed by atoms with van der Waals surface area (Å²) in [5, 5.41) is 8.50. The van der Waals surface area contributed by atoms with E-state index >= 15 is 0 Å². The fourth-order valence-corrected chi connectivity index (χ4v) is 3.16. The van der Waals surface area contributed by atoms with Gasteiger partial charge in [-0.2, -0.15) is 17.0 Å². The van der Waals surface area contributed by atoms with Gasteiger partial charge in [0.25, 0.3) is 10.2 Å². The first-order chi connectivity index (χ1) is 7.34. The molecule has 0 saturated carbocycles. The maximum Gasteiger partial charge on any atom is 0.304 e. The largest absolute Gasteiger partial charge is 0.481 e. The van der Waals surface area contributed by atoms with Gasteiger partial charge in [0, 0.05) is 26.7 Å². The van der Waals surface area contributed by atoms with Gasteiger partial charge in [-0.05, 0) is 12.3 Å². The highest BCUT2D eigenvalue weighted by atomic mass is 32.2. The van der Waals surface area contributed by atoms with Gasteiger partial charge in [0.15, 0.2) is 0 Å². The summed E-state index contributed by atoms with van der Waals surface area (Å²) < 4.78 is 26.4. The standard InChI is InChI=1S/C9H18N2O4S/c1-8-3-6-11(7-8)16(14,15)10(2)5-4-9(12)13/h8H,3-7H2,1-2H3,(H,12,13). The maximum atomic E-state index is 11.9. The van der Waals surface area contributed by atoms with Gasteiger partial charge in [0.05, 0.1) is 6.42 Å². The van der Waals surface area contributed by atoms with Crippen LogP contribution in [0.3, 0.4) is 0 Å². The number of hydrogen-bond acceptors (Lipinski definition) is 3. The van der Waals surface area contributed by atoms with Gasteiger partial charge in [-0.1, -0.05) is 6.92 Å². The van der Waals surface area contributed by atoms with E-state index < -0.39 is 16.2 Å². The second-order valence-corrected chi connectivity index (χ2v) is 6.26. The molecule has 94 valence electrons. The number of hydrogen-bond donors (Lipinski definition) is 1. The molecule has 0 aromatic heterocycles. The zero-order chi connectivity index (χ0) is 12.3. The third kappa shape index (κ3) is 3.16. The van der Waals surface area contributed by atoms with Crippen LogP contribution in [0.2, 0.25) is 0 Å². The Morgan fingerprint density at radius 3 is 2.62 bits per heavy atom. The molecule has 1 aliphatic heterocycles. The molecule has 6 nitrogen and oxygen atoms in total. The van der Waals surface area contributed by atoms with Crippen molar-refractivity contribution in [1.82, 2.24) is 8.61 Å². The van der Waals surface area contributed by atoms with E-state index in [1.54, 1.807) is 0 Å². The van der Waals surface area contributed by atoms with Gasteiger partial charge < -0.3 is 5.11 Å². The predicted molar refractivity (Wildman–Crippen MR) is 59.2 cm³/mol. The fourth-order valence-electron chi connectivity index (χ4n) is 1.67. The van der Waals surface area contributed by atoms with Crippen molar-refractivity contribution in [1.29, 1.82) is 0 Å². The number of carboxylic acid groups (broad SMARTS) is 1. The van der Waals surface area contributed by atoms with Crippen molar-refractivity contribution in [3.63, 3.8) is 0 Å². The van der Waals surface area contributed by atoms with E-state index in [0.717, 1.165) is 10.7 Å². The minimum atomic E-state index is -3.46. The number of carbonyl (C=O) groups is 1. The Morgan fingerprint density at radius 1 is 1.56 bits per heavy atom. The van der Waals surface area contributed by atoms with Crippen LogP contribution in [0.4, 0.5) is 0 Å². The highest BCUT2D eigenvalue weighted by molar-refractivity contribution is 7.86. The zero-order valence-corrected chi connectivity index (χ0v) is 10.4. The first-order valence-corrected chi connectivity index (χ1v) is 6.67. The lowest BCUT2D eigenvalue weighted by Crippen LogP contribution is -2.41. The Hall–Kier alpha value is -0.660. The van der Waals surface area contributed by atoms with Crippen molar-refractivity contribution >= 4 is 16.2 Å².